The molecule has 0 bridgehead atoms. The molecule has 0 aromatic heterocycles. The predicted octanol–water partition coefficient (Wildman–Crippen LogP) is 1.88. The third-order valence-electron chi connectivity index (χ3n) is 3.03. The Labute approximate surface area is 123 Å². The maximum Gasteiger partial charge on any atom is 0.241 e. The number of nitrogens with one attached hydrogen (secondary N) is 1. The standard InChI is InChI=1S/C17H16N2O2/c1-2-12-4-3-5-14(10-12)19-17(21)16(18)11-13-6-8-15(20)9-7-13/h1,3-10,16,20H,11,18H2,(H,19,21). The largest absolute Gasteiger partial charge is 0.508 e. The number of phenols is 1. The highest BCUT2D eigenvalue weighted by molar-refractivity contribution is 5.95. The fraction of sp³-hybridized carbons (Fsp3) is 0.118. The van der Waals surface area contributed by atoms with Crippen molar-refractivity contribution in [2.24, 2.45) is 5.73 Å². The molecule has 106 valence electrons. The molecule has 0 heterocycles. The van der Waals surface area contributed by atoms with Crippen molar-refractivity contribution in [1.29, 1.82) is 0 Å². The molecule has 0 radical (unpaired) electrons. The van der Waals surface area contributed by atoms with Gasteiger partial charge in [0.25, 0.3) is 0 Å². The number of hydrogen-bond acceptors (Lipinski definition) is 3. The molecule has 2 aromatic carbocycles. The maximum atomic E-state index is 12.0. The molecule has 4 nitrogen and oxygen atoms in total. The summed E-state index contributed by atoms with van der Waals surface area (Å²) < 4.78 is 0. The Hall–Kier alpha value is -2.77. The molecule has 2 aromatic rings. The first-order valence-corrected chi connectivity index (χ1v) is 6.49. The molecule has 2 rings (SSSR count). The number of benzene rings is 2. The van der Waals surface area contributed by atoms with Crippen LogP contribution in [0.3, 0.4) is 0 Å². The van der Waals surface area contributed by atoms with Crippen molar-refractivity contribution in [3.05, 3.63) is 59.7 Å². The van der Waals surface area contributed by atoms with Crippen molar-refractivity contribution in [3.8, 4) is 18.1 Å². The van der Waals surface area contributed by atoms with Crippen LogP contribution in [0.4, 0.5) is 5.69 Å². The Morgan fingerprint density at radius 1 is 1.29 bits per heavy atom. The molecule has 0 aliphatic heterocycles. The lowest BCUT2D eigenvalue weighted by molar-refractivity contribution is -0.117. The molecular formula is C17H16N2O2. The van der Waals surface area contributed by atoms with Crippen LogP contribution in [-0.4, -0.2) is 17.1 Å². The zero-order chi connectivity index (χ0) is 15.2. The number of rotatable bonds is 4. The fourth-order valence-corrected chi connectivity index (χ4v) is 1.90. The third-order valence-corrected chi connectivity index (χ3v) is 3.03. The summed E-state index contributed by atoms with van der Waals surface area (Å²) in [5.41, 5.74) is 8.09. The average Bonchev–Trinajstić information content (AvgIpc) is 2.49. The average molecular weight is 280 g/mol. The Bertz CT molecular complexity index is 672. The van der Waals surface area contributed by atoms with Crippen molar-refractivity contribution >= 4 is 11.6 Å². The second-order valence-corrected chi connectivity index (χ2v) is 4.69. The van der Waals surface area contributed by atoms with E-state index >= 15 is 0 Å². The van der Waals surface area contributed by atoms with E-state index in [2.05, 4.69) is 11.2 Å². The van der Waals surface area contributed by atoms with Gasteiger partial charge in [-0.1, -0.05) is 24.1 Å². The summed E-state index contributed by atoms with van der Waals surface area (Å²) >= 11 is 0. The second-order valence-electron chi connectivity index (χ2n) is 4.69. The highest BCUT2D eigenvalue weighted by Crippen LogP contribution is 2.13. The SMILES string of the molecule is C#Cc1cccc(NC(=O)C(N)Cc2ccc(O)cc2)c1. The van der Waals surface area contributed by atoms with Gasteiger partial charge in [0, 0.05) is 11.3 Å². The lowest BCUT2D eigenvalue weighted by Crippen LogP contribution is -2.37. The minimum Gasteiger partial charge on any atom is -0.508 e. The number of phenolic OH excluding ortho intramolecular Hbond substituents is 1. The van der Waals surface area contributed by atoms with E-state index in [4.69, 9.17) is 12.2 Å². The zero-order valence-electron chi connectivity index (χ0n) is 11.4. The first kappa shape index (κ1) is 14.6. The molecule has 4 N–H and O–H groups in total. The van der Waals surface area contributed by atoms with E-state index < -0.39 is 6.04 Å². The second kappa shape index (κ2) is 6.60. The summed E-state index contributed by atoms with van der Waals surface area (Å²) in [7, 11) is 0. The van der Waals surface area contributed by atoms with Crippen LogP contribution in [0.2, 0.25) is 0 Å². The van der Waals surface area contributed by atoms with Gasteiger partial charge in [-0.25, -0.2) is 0 Å². The van der Waals surface area contributed by atoms with Crippen LogP contribution < -0.4 is 11.1 Å². The number of hydrogen-bond donors (Lipinski definition) is 3. The van der Waals surface area contributed by atoms with E-state index in [0.29, 0.717) is 17.7 Å². The van der Waals surface area contributed by atoms with Gasteiger partial charge in [-0.05, 0) is 42.3 Å². The summed E-state index contributed by atoms with van der Waals surface area (Å²) in [6, 6.07) is 13.0. The van der Waals surface area contributed by atoms with Crippen LogP contribution in [0.1, 0.15) is 11.1 Å². The fourth-order valence-electron chi connectivity index (χ4n) is 1.90. The van der Waals surface area contributed by atoms with Crippen LogP contribution >= 0.6 is 0 Å². The number of carbonyl (C=O) groups is 1. The van der Waals surface area contributed by atoms with E-state index in [1.807, 2.05) is 0 Å². The van der Waals surface area contributed by atoms with Crippen LogP contribution in [-0.2, 0) is 11.2 Å². The van der Waals surface area contributed by atoms with Gasteiger partial charge in [0.1, 0.15) is 5.75 Å². The van der Waals surface area contributed by atoms with E-state index in [1.54, 1.807) is 48.5 Å². The van der Waals surface area contributed by atoms with Gasteiger partial charge in [-0.3, -0.25) is 4.79 Å². The number of aromatic hydroxyl groups is 1. The Balaban J connectivity index is 1.99. The van der Waals surface area contributed by atoms with Crippen LogP contribution in [0.5, 0.6) is 5.75 Å². The molecule has 0 aliphatic carbocycles. The minimum absolute atomic E-state index is 0.183. The maximum absolute atomic E-state index is 12.0. The topological polar surface area (TPSA) is 75.4 Å². The number of terminal acetylenes is 1. The summed E-state index contributed by atoms with van der Waals surface area (Å²) in [6.45, 7) is 0. The van der Waals surface area contributed by atoms with E-state index in [-0.39, 0.29) is 11.7 Å². The van der Waals surface area contributed by atoms with Crippen molar-refractivity contribution in [1.82, 2.24) is 0 Å². The molecule has 1 amide bonds. The summed E-state index contributed by atoms with van der Waals surface area (Å²) in [5, 5.41) is 12.0. The molecule has 1 unspecified atom stereocenters. The van der Waals surface area contributed by atoms with Gasteiger partial charge >= 0.3 is 0 Å². The Kier molecular flexibility index (Phi) is 4.60. The van der Waals surface area contributed by atoms with E-state index in [0.717, 1.165) is 5.56 Å². The Morgan fingerprint density at radius 3 is 2.67 bits per heavy atom. The normalized spacial score (nSPS) is 11.4. The number of carbonyl (C=O) groups excluding carboxylic acids is 1. The highest BCUT2D eigenvalue weighted by atomic mass is 16.3. The van der Waals surface area contributed by atoms with Gasteiger partial charge < -0.3 is 16.2 Å². The van der Waals surface area contributed by atoms with Gasteiger partial charge in [0.05, 0.1) is 6.04 Å². The smallest absolute Gasteiger partial charge is 0.241 e. The van der Waals surface area contributed by atoms with Crippen molar-refractivity contribution in [2.45, 2.75) is 12.5 Å². The van der Waals surface area contributed by atoms with Gasteiger partial charge in [-0.15, -0.1) is 6.42 Å². The molecule has 4 heteroatoms. The van der Waals surface area contributed by atoms with Crippen molar-refractivity contribution in [2.75, 3.05) is 5.32 Å². The number of anilines is 1. The number of nitrogens with two attached hydrogens (primary N) is 1. The van der Waals surface area contributed by atoms with Crippen LogP contribution in [0.25, 0.3) is 0 Å². The minimum atomic E-state index is -0.677. The highest BCUT2D eigenvalue weighted by Gasteiger charge is 2.14. The van der Waals surface area contributed by atoms with E-state index in [1.165, 1.54) is 0 Å². The lowest BCUT2D eigenvalue weighted by Gasteiger charge is -2.12. The quantitative estimate of drug-likeness (QED) is 0.749. The van der Waals surface area contributed by atoms with Crippen molar-refractivity contribution in [3.63, 3.8) is 0 Å². The van der Waals surface area contributed by atoms with Crippen LogP contribution in [0.15, 0.2) is 48.5 Å². The summed E-state index contributed by atoms with van der Waals surface area (Å²) in [4.78, 5) is 12.0. The first-order chi connectivity index (χ1) is 10.1. The van der Waals surface area contributed by atoms with Crippen LogP contribution in [0, 0.1) is 12.3 Å². The van der Waals surface area contributed by atoms with Gasteiger partial charge in [-0.2, -0.15) is 0 Å². The van der Waals surface area contributed by atoms with Gasteiger partial charge in [0.15, 0.2) is 0 Å². The Morgan fingerprint density at radius 2 is 2.00 bits per heavy atom. The predicted molar refractivity (Wildman–Crippen MR) is 82.8 cm³/mol. The molecule has 0 aliphatic rings. The number of amides is 1. The molecule has 0 saturated heterocycles. The molecule has 0 spiro atoms. The molecular weight excluding hydrogens is 264 g/mol. The monoisotopic (exact) mass is 280 g/mol. The zero-order valence-corrected chi connectivity index (χ0v) is 11.4. The van der Waals surface area contributed by atoms with Gasteiger partial charge in [0.2, 0.25) is 5.91 Å². The molecule has 1 atom stereocenters. The van der Waals surface area contributed by atoms with Crippen molar-refractivity contribution < 1.29 is 9.90 Å². The summed E-state index contributed by atoms with van der Waals surface area (Å²) in [5.74, 6) is 2.41. The molecule has 21 heavy (non-hydrogen) atoms. The first-order valence-electron chi connectivity index (χ1n) is 6.49. The third kappa shape index (κ3) is 4.10. The molecule has 0 saturated carbocycles. The lowest BCUT2D eigenvalue weighted by atomic mass is 10.1. The summed E-state index contributed by atoms with van der Waals surface area (Å²) in [6.07, 6.45) is 5.71. The molecule has 0 fully saturated rings. The van der Waals surface area contributed by atoms with E-state index in [9.17, 15) is 9.90 Å².